The van der Waals surface area contributed by atoms with Gasteiger partial charge in [0.1, 0.15) is 5.69 Å². The van der Waals surface area contributed by atoms with E-state index in [-0.39, 0.29) is 0 Å². The third-order valence-electron chi connectivity index (χ3n) is 7.34. The lowest BCUT2D eigenvalue weighted by atomic mass is 9.91. The van der Waals surface area contributed by atoms with Crippen LogP contribution in [0.3, 0.4) is 0 Å². The summed E-state index contributed by atoms with van der Waals surface area (Å²) in [5.41, 5.74) is 17.3. The summed E-state index contributed by atoms with van der Waals surface area (Å²) in [6.07, 6.45) is 8.39. The highest BCUT2D eigenvalue weighted by molar-refractivity contribution is 6.10. The molecule has 6 heteroatoms. The lowest BCUT2D eigenvalue weighted by molar-refractivity contribution is 0.675. The van der Waals surface area contributed by atoms with Crippen molar-refractivity contribution < 1.29 is 0 Å². The van der Waals surface area contributed by atoms with Gasteiger partial charge in [0.25, 0.3) is 0 Å². The molecule has 0 aliphatic heterocycles. The Labute approximate surface area is 211 Å². The molecule has 180 valence electrons. The number of nitrogens with one attached hydrogen (secondary N) is 2. The second-order valence-electron chi connectivity index (χ2n) is 9.68. The van der Waals surface area contributed by atoms with E-state index < -0.39 is 0 Å². The molecule has 0 atom stereocenters. The van der Waals surface area contributed by atoms with Gasteiger partial charge in [0, 0.05) is 28.1 Å². The van der Waals surface area contributed by atoms with Gasteiger partial charge in [0.05, 0.1) is 28.5 Å². The molecule has 0 fully saturated rings. The van der Waals surface area contributed by atoms with Gasteiger partial charge in [-0.3, -0.25) is 10.5 Å². The van der Waals surface area contributed by atoms with Crippen LogP contribution < -0.4 is 5.73 Å². The molecule has 3 aromatic heterocycles. The van der Waals surface area contributed by atoms with Crippen LogP contribution in [0.15, 0.2) is 71.9 Å². The van der Waals surface area contributed by atoms with E-state index in [0.717, 1.165) is 83.7 Å². The number of nitrogens with two attached hydrogens (primary N) is 1. The first-order valence-corrected chi connectivity index (χ1v) is 12.9. The highest BCUT2D eigenvalue weighted by Crippen LogP contribution is 2.34. The molecule has 6 rings (SSSR count). The van der Waals surface area contributed by atoms with Crippen LogP contribution in [0.4, 0.5) is 0 Å². The predicted molar refractivity (Wildman–Crippen MR) is 144 cm³/mol. The van der Waals surface area contributed by atoms with Crippen LogP contribution in [-0.2, 0) is 12.8 Å². The third kappa shape index (κ3) is 4.13. The van der Waals surface area contributed by atoms with Gasteiger partial charge >= 0.3 is 0 Å². The number of aromatic amines is 1. The van der Waals surface area contributed by atoms with Crippen molar-refractivity contribution in [2.24, 2.45) is 5.73 Å². The van der Waals surface area contributed by atoms with Crippen LogP contribution in [-0.4, -0.2) is 25.9 Å². The Balaban J connectivity index is 1.38. The zero-order valence-corrected chi connectivity index (χ0v) is 20.3. The van der Waals surface area contributed by atoms with Crippen molar-refractivity contribution in [3.8, 4) is 33.9 Å². The Hall–Kier alpha value is -4.06. The number of hydrogen-bond acceptors (Lipinski definition) is 5. The second-order valence-corrected chi connectivity index (χ2v) is 9.68. The zero-order chi connectivity index (χ0) is 24.5. The fraction of sp³-hybridized carbons (Fsp3) is 0.267. The molecule has 0 radical (unpaired) electrons. The molecule has 0 spiro atoms. The molecule has 4 N–H and O–H groups in total. The number of allylic oxidation sites excluding steroid dienone is 2. The van der Waals surface area contributed by atoms with E-state index in [1.54, 1.807) is 0 Å². The van der Waals surface area contributed by atoms with Gasteiger partial charge < -0.3 is 5.73 Å². The third-order valence-corrected chi connectivity index (χ3v) is 7.34. The number of pyridine rings is 2. The summed E-state index contributed by atoms with van der Waals surface area (Å²) >= 11 is 0. The van der Waals surface area contributed by atoms with E-state index >= 15 is 0 Å². The normalized spacial score (nSPS) is 15.6. The molecule has 36 heavy (non-hydrogen) atoms. The molecular weight excluding hydrogens is 444 g/mol. The average Bonchev–Trinajstić information content (AvgIpc) is 3.37. The van der Waals surface area contributed by atoms with E-state index in [1.165, 1.54) is 24.1 Å². The number of H-pyrrole nitrogens is 1. The van der Waals surface area contributed by atoms with Crippen LogP contribution >= 0.6 is 0 Å². The molecule has 2 aliphatic rings. The van der Waals surface area contributed by atoms with Crippen LogP contribution in [0.2, 0.25) is 0 Å². The molecule has 0 unspecified atom stereocenters. The summed E-state index contributed by atoms with van der Waals surface area (Å²) in [5, 5.41) is 16.7. The van der Waals surface area contributed by atoms with E-state index in [9.17, 15) is 0 Å². The first-order chi connectivity index (χ1) is 17.7. The molecule has 1 aromatic carbocycles. The van der Waals surface area contributed by atoms with Crippen LogP contribution in [0.5, 0.6) is 0 Å². The summed E-state index contributed by atoms with van der Waals surface area (Å²) in [6.45, 7) is 0. The van der Waals surface area contributed by atoms with Crippen LogP contribution in [0, 0.1) is 5.41 Å². The number of nitrogens with zero attached hydrogens (tertiary/aromatic N) is 3. The topological polar surface area (TPSA) is 104 Å². The van der Waals surface area contributed by atoms with Crippen LogP contribution in [0.25, 0.3) is 33.9 Å². The highest BCUT2D eigenvalue weighted by Gasteiger charge is 2.20. The number of aryl methyl sites for hydroxylation is 1. The first-order valence-electron chi connectivity index (χ1n) is 12.9. The molecule has 6 nitrogen and oxygen atoms in total. The van der Waals surface area contributed by atoms with Crippen molar-refractivity contribution in [2.45, 2.75) is 51.4 Å². The van der Waals surface area contributed by atoms with Gasteiger partial charge in [-0.25, -0.2) is 9.97 Å². The van der Waals surface area contributed by atoms with Crippen molar-refractivity contribution in [1.82, 2.24) is 20.2 Å². The number of hydrogen-bond donors (Lipinski definition) is 3. The minimum absolute atomic E-state index is 0.440. The number of fused-ring (bicyclic) bond motifs is 1. The molecule has 2 aliphatic carbocycles. The Kier molecular flexibility index (Phi) is 5.93. The fourth-order valence-electron chi connectivity index (χ4n) is 5.43. The monoisotopic (exact) mass is 474 g/mol. The quantitative estimate of drug-likeness (QED) is 0.298. The second kappa shape index (κ2) is 9.53. The largest absolute Gasteiger partial charge is 0.402 e. The first kappa shape index (κ1) is 22.4. The molecule has 0 bridgehead atoms. The molecule has 0 saturated carbocycles. The molecular formula is C30H30N6. The van der Waals surface area contributed by atoms with E-state index in [1.807, 2.05) is 42.5 Å². The Morgan fingerprint density at radius 3 is 2.19 bits per heavy atom. The molecule has 4 aromatic rings. The molecule has 3 heterocycles. The standard InChI is InChI=1S/C30H30N6/c31-23-13-5-3-11-21(23)29(32)27-17-7-15-24(33-27)19-9-1-2-10-20(19)25-16-8-18-28(34-25)30-22-12-4-6-14-26(22)35-36-30/h1-2,7-10,15-18,32H,3-6,11-14,31H2,(H,35,36). The Bertz CT molecular complexity index is 1480. The number of rotatable bonds is 5. The minimum atomic E-state index is 0.440. The van der Waals surface area contributed by atoms with E-state index in [4.69, 9.17) is 21.1 Å². The summed E-state index contributed by atoms with van der Waals surface area (Å²) in [5.74, 6) is 0. The molecule has 0 saturated heterocycles. The van der Waals surface area contributed by atoms with Crippen molar-refractivity contribution >= 4 is 5.71 Å². The van der Waals surface area contributed by atoms with Gasteiger partial charge in [0.15, 0.2) is 0 Å². The van der Waals surface area contributed by atoms with Crippen LogP contribution in [0.1, 0.15) is 55.5 Å². The van der Waals surface area contributed by atoms with Gasteiger partial charge in [-0.1, -0.05) is 36.4 Å². The van der Waals surface area contributed by atoms with Crippen molar-refractivity contribution in [3.63, 3.8) is 0 Å². The lowest BCUT2D eigenvalue weighted by Gasteiger charge is -2.18. The van der Waals surface area contributed by atoms with E-state index in [2.05, 4.69) is 28.4 Å². The minimum Gasteiger partial charge on any atom is -0.402 e. The van der Waals surface area contributed by atoms with Crippen molar-refractivity contribution in [3.05, 3.63) is 88.9 Å². The maximum Gasteiger partial charge on any atom is 0.114 e. The van der Waals surface area contributed by atoms with Gasteiger partial charge in [-0.05, 0) is 81.2 Å². The highest BCUT2D eigenvalue weighted by atomic mass is 15.1. The molecule has 0 amide bonds. The van der Waals surface area contributed by atoms with Gasteiger partial charge in [0.2, 0.25) is 0 Å². The summed E-state index contributed by atoms with van der Waals surface area (Å²) in [7, 11) is 0. The summed E-state index contributed by atoms with van der Waals surface area (Å²) < 4.78 is 0. The van der Waals surface area contributed by atoms with Gasteiger partial charge in [-0.2, -0.15) is 5.10 Å². The zero-order valence-electron chi connectivity index (χ0n) is 20.3. The number of benzene rings is 1. The summed E-state index contributed by atoms with van der Waals surface area (Å²) in [6, 6.07) is 20.2. The maximum absolute atomic E-state index is 8.79. The smallest absolute Gasteiger partial charge is 0.114 e. The van der Waals surface area contributed by atoms with Crippen molar-refractivity contribution in [2.75, 3.05) is 0 Å². The average molecular weight is 475 g/mol. The van der Waals surface area contributed by atoms with E-state index in [0.29, 0.717) is 11.4 Å². The number of aromatic nitrogens is 4. The predicted octanol–water partition coefficient (Wildman–Crippen LogP) is 6.23. The van der Waals surface area contributed by atoms with Gasteiger partial charge in [-0.15, -0.1) is 0 Å². The lowest BCUT2D eigenvalue weighted by Crippen LogP contribution is -2.16. The fourth-order valence-corrected chi connectivity index (χ4v) is 5.43. The Morgan fingerprint density at radius 2 is 1.39 bits per heavy atom. The SMILES string of the molecule is N=C(C1=C(N)CCCC1)c1cccc(-c2ccccc2-c2cccc(-c3n[nH]c4c3CCCC4)n2)n1. The van der Waals surface area contributed by atoms with Crippen molar-refractivity contribution in [1.29, 1.82) is 5.41 Å². The maximum atomic E-state index is 8.79. The summed E-state index contributed by atoms with van der Waals surface area (Å²) in [4.78, 5) is 9.95. The Morgan fingerprint density at radius 1 is 0.722 bits per heavy atom.